The Hall–Kier alpha value is -1.03. The van der Waals surface area contributed by atoms with Crippen molar-refractivity contribution >= 4 is 21.9 Å². The van der Waals surface area contributed by atoms with Crippen molar-refractivity contribution in [3.8, 4) is 5.75 Å². The Morgan fingerprint density at radius 2 is 2.18 bits per heavy atom. The number of hydrogen-bond donors (Lipinski definition) is 1. The van der Waals surface area contributed by atoms with Crippen LogP contribution in [0.25, 0.3) is 0 Å². The zero-order valence-electron chi connectivity index (χ0n) is 5.37. The van der Waals surface area contributed by atoms with Gasteiger partial charge in [0.05, 0.1) is 5.56 Å². The summed E-state index contributed by atoms with van der Waals surface area (Å²) in [4.78, 5) is 10.4. The maximum atomic E-state index is 10.7. The van der Waals surface area contributed by atoms with Gasteiger partial charge in [-0.05, 0) is 22.0 Å². The Morgan fingerprint density at radius 1 is 1.55 bits per heavy atom. The Bertz CT molecular complexity index is 296. The highest BCUT2D eigenvalue weighted by molar-refractivity contribution is 9.10. The number of carboxylic acids is 1. The molecule has 1 aromatic carbocycles. The number of carbonyl (C=O) groups is 1. The van der Waals surface area contributed by atoms with Gasteiger partial charge in [0.15, 0.2) is 0 Å². The third-order valence-electron chi connectivity index (χ3n) is 1.17. The second-order valence-electron chi connectivity index (χ2n) is 1.95. The first-order valence-corrected chi connectivity index (χ1v) is 3.60. The van der Waals surface area contributed by atoms with Gasteiger partial charge in [-0.15, -0.1) is 5.75 Å². The first-order chi connectivity index (χ1) is 5.11. The normalized spacial score (nSPS) is 9.55. The summed E-state index contributed by atoms with van der Waals surface area (Å²) < 4.78 is 0.421. The van der Waals surface area contributed by atoms with E-state index in [0.717, 1.165) is 6.07 Å². The standard InChI is InChI=1S/C7H5BrO3/c8-6-2-1-4(9)3-5(6)7(10)11/h1-3,9H,(H,10,11)/p-1. The van der Waals surface area contributed by atoms with E-state index in [9.17, 15) is 9.90 Å². The summed E-state index contributed by atoms with van der Waals surface area (Å²) in [5.74, 6) is -1.40. The van der Waals surface area contributed by atoms with Crippen LogP contribution in [-0.4, -0.2) is 11.1 Å². The van der Waals surface area contributed by atoms with Crippen LogP contribution in [0.5, 0.6) is 5.75 Å². The number of aromatic carboxylic acids is 1. The van der Waals surface area contributed by atoms with Gasteiger partial charge in [-0.3, -0.25) is 0 Å². The lowest BCUT2D eigenvalue weighted by molar-refractivity contribution is -0.268. The molecule has 0 aliphatic rings. The molecule has 58 valence electrons. The second kappa shape index (κ2) is 2.92. The molecular weight excluding hydrogens is 212 g/mol. The molecule has 0 atom stereocenters. The first kappa shape index (κ1) is 8.07. The molecule has 0 spiro atoms. The monoisotopic (exact) mass is 215 g/mol. The molecule has 0 aliphatic carbocycles. The lowest BCUT2D eigenvalue weighted by atomic mass is 10.2. The van der Waals surface area contributed by atoms with E-state index in [-0.39, 0.29) is 11.3 Å². The highest BCUT2D eigenvalue weighted by Gasteiger charge is 2.05. The predicted molar refractivity (Wildman–Crippen MR) is 40.5 cm³/mol. The maximum absolute atomic E-state index is 10.7. The fourth-order valence-electron chi connectivity index (χ4n) is 0.668. The van der Waals surface area contributed by atoms with Crippen LogP contribution < -0.4 is 5.11 Å². The molecule has 11 heavy (non-hydrogen) atoms. The molecule has 0 bridgehead atoms. The van der Waals surface area contributed by atoms with E-state index < -0.39 is 5.97 Å². The molecule has 0 saturated carbocycles. The largest absolute Gasteiger partial charge is 0.872 e. The van der Waals surface area contributed by atoms with Crippen molar-refractivity contribution in [2.45, 2.75) is 0 Å². The van der Waals surface area contributed by atoms with Crippen LogP contribution in [0.2, 0.25) is 0 Å². The molecule has 0 radical (unpaired) electrons. The maximum Gasteiger partial charge on any atom is 0.336 e. The molecule has 0 aliphatic heterocycles. The van der Waals surface area contributed by atoms with Gasteiger partial charge in [0, 0.05) is 4.47 Å². The van der Waals surface area contributed by atoms with Crippen LogP contribution in [0.3, 0.4) is 0 Å². The van der Waals surface area contributed by atoms with Gasteiger partial charge in [0.1, 0.15) is 0 Å². The highest BCUT2D eigenvalue weighted by atomic mass is 79.9. The molecule has 0 unspecified atom stereocenters. The summed E-state index contributed by atoms with van der Waals surface area (Å²) in [6, 6.07) is 3.80. The van der Waals surface area contributed by atoms with Gasteiger partial charge >= 0.3 is 5.97 Å². The molecule has 0 saturated heterocycles. The highest BCUT2D eigenvalue weighted by Crippen LogP contribution is 2.19. The number of carboxylic acid groups (broad SMARTS) is 1. The van der Waals surface area contributed by atoms with Crippen LogP contribution >= 0.6 is 15.9 Å². The smallest absolute Gasteiger partial charge is 0.336 e. The number of hydrogen-bond acceptors (Lipinski definition) is 2. The van der Waals surface area contributed by atoms with E-state index in [0.29, 0.717) is 4.47 Å². The summed E-state index contributed by atoms with van der Waals surface area (Å²) in [7, 11) is 0. The molecule has 1 N–H and O–H groups in total. The van der Waals surface area contributed by atoms with Gasteiger partial charge in [-0.2, -0.15) is 0 Å². The minimum absolute atomic E-state index is 0.00231. The lowest BCUT2D eigenvalue weighted by Gasteiger charge is -2.06. The number of rotatable bonds is 1. The average molecular weight is 216 g/mol. The summed E-state index contributed by atoms with van der Waals surface area (Å²) in [6.07, 6.45) is 0. The Morgan fingerprint density at radius 3 is 2.64 bits per heavy atom. The van der Waals surface area contributed by atoms with Gasteiger partial charge in [0.25, 0.3) is 0 Å². The summed E-state index contributed by atoms with van der Waals surface area (Å²) >= 11 is 3.01. The van der Waals surface area contributed by atoms with Crippen molar-refractivity contribution in [2.75, 3.05) is 0 Å². The van der Waals surface area contributed by atoms with Gasteiger partial charge in [-0.25, -0.2) is 4.79 Å². The lowest BCUT2D eigenvalue weighted by Crippen LogP contribution is -1.99. The molecule has 0 amide bonds. The van der Waals surface area contributed by atoms with Crippen molar-refractivity contribution in [3.05, 3.63) is 28.2 Å². The molecule has 0 aromatic heterocycles. The van der Waals surface area contributed by atoms with E-state index >= 15 is 0 Å². The van der Waals surface area contributed by atoms with Gasteiger partial charge in [-0.1, -0.05) is 12.1 Å². The Labute approximate surface area is 71.4 Å². The van der Waals surface area contributed by atoms with E-state index in [1.54, 1.807) is 0 Å². The molecule has 3 nitrogen and oxygen atoms in total. The SMILES string of the molecule is O=C(O)c1cc([O-])ccc1Br. The van der Waals surface area contributed by atoms with E-state index in [4.69, 9.17) is 5.11 Å². The van der Waals surface area contributed by atoms with Crippen molar-refractivity contribution in [1.29, 1.82) is 0 Å². The van der Waals surface area contributed by atoms with Crippen LogP contribution in [-0.2, 0) is 0 Å². The topological polar surface area (TPSA) is 60.4 Å². The number of halogens is 1. The fourth-order valence-corrected chi connectivity index (χ4v) is 1.08. The fraction of sp³-hybridized carbons (Fsp3) is 0. The minimum Gasteiger partial charge on any atom is -0.872 e. The number of benzene rings is 1. The Kier molecular flexibility index (Phi) is 2.14. The Balaban J connectivity index is 3.23. The summed E-state index contributed by atoms with van der Waals surface area (Å²) in [6.45, 7) is 0. The molecular formula is C7H4BrO3-. The molecule has 0 heterocycles. The molecule has 1 rings (SSSR count). The van der Waals surface area contributed by atoms with Crippen molar-refractivity contribution in [2.24, 2.45) is 0 Å². The van der Waals surface area contributed by atoms with Gasteiger partial charge < -0.3 is 10.2 Å². The second-order valence-corrected chi connectivity index (χ2v) is 2.80. The van der Waals surface area contributed by atoms with Crippen molar-refractivity contribution < 1.29 is 15.0 Å². The minimum atomic E-state index is -1.10. The van der Waals surface area contributed by atoms with E-state index in [2.05, 4.69) is 15.9 Å². The third-order valence-corrected chi connectivity index (χ3v) is 1.86. The van der Waals surface area contributed by atoms with E-state index in [1.165, 1.54) is 12.1 Å². The summed E-state index contributed by atoms with van der Waals surface area (Å²) in [5, 5.41) is 19.2. The van der Waals surface area contributed by atoms with Crippen molar-refractivity contribution in [3.63, 3.8) is 0 Å². The molecule has 0 fully saturated rings. The van der Waals surface area contributed by atoms with Crippen LogP contribution in [0, 0.1) is 0 Å². The first-order valence-electron chi connectivity index (χ1n) is 2.81. The zero-order valence-corrected chi connectivity index (χ0v) is 6.96. The zero-order chi connectivity index (χ0) is 8.43. The quantitative estimate of drug-likeness (QED) is 0.767. The molecule has 1 aromatic rings. The van der Waals surface area contributed by atoms with Crippen LogP contribution in [0.1, 0.15) is 10.4 Å². The van der Waals surface area contributed by atoms with Crippen LogP contribution in [0.4, 0.5) is 0 Å². The molecule has 4 heteroatoms. The van der Waals surface area contributed by atoms with Crippen LogP contribution in [0.15, 0.2) is 22.7 Å². The summed E-state index contributed by atoms with van der Waals surface area (Å²) in [5.41, 5.74) is -0.00231. The average Bonchev–Trinajstić information content (AvgIpc) is 1.94. The van der Waals surface area contributed by atoms with Gasteiger partial charge in [0.2, 0.25) is 0 Å². The van der Waals surface area contributed by atoms with E-state index in [1.807, 2.05) is 0 Å². The van der Waals surface area contributed by atoms with Crippen molar-refractivity contribution in [1.82, 2.24) is 0 Å². The predicted octanol–water partition coefficient (Wildman–Crippen LogP) is 1.22. The third kappa shape index (κ3) is 1.71.